The number of aromatic hydroxyl groups is 1. The normalized spacial score (nSPS) is 10.1. The lowest BCUT2D eigenvalue weighted by Crippen LogP contribution is -2.26. The number of carbonyl (C=O) groups is 1. The Morgan fingerprint density at radius 3 is 2.76 bits per heavy atom. The maximum absolute atomic E-state index is 11.5. The highest BCUT2D eigenvalue weighted by Gasteiger charge is 2.11. The van der Waals surface area contributed by atoms with Gasteiger partial charge < -0.3 is 14.7 Å². The lowest BCUT2D eigenvalue weighted by molar-refractivity contribution is -0.129. The Morgan fingerprint density at radius 1 is 1.53 bits per heavy atom. The van der Waals surface area contributed by atoms with Crippen molar-refractivity contribution in [3.05, 3.63) is 23.8 Å². The lowest BCUT2D eigenvalue weighted by atomic mass is 10.2. The first-order valence-corrected chi connectivity index (χ1v) is 5.77. The number of nitrogens with zero attached hydrogens (tertiary/aromatic N) is 1. The van der Waals surface area contributed by atoms with E-state index in [0.717, 1.165) is 0 Å². The van der Waals surface area contributed by atoms with Gasteiger partial charge >= 0.3 is 0 Å². The van der Waals surface area contributed by atoms with E-state index in [0.29, 0.717) is 30.2 Å². The Balaban J connectivity index is 2.71. The predicted octanol–water partition coefficient (Wildman–Crippen LogP) is 1.99. The summed E-state index contributed by atoms with van der Waals surface area (Å²) in [6, 6.07) is 5.00. The molecular formula is C12H16ClNO3. The number of halogens is 1. The van der Waals surface area contributed by atoms with Crippen molar-refractivity contribution in [2.75, 3.05) is 20.0 Å². The topological polar surface area (TPSA) is 49.8 Å². The molecule has 0 atom stereocenters. The van der Waals surface area contributed by atoms with Gasteiger partial charge in [0.25, 0.3) is 0 Å². The van der Waals surface area contributed by atoms with Crippen LogP contribution in [0.4, 0.5) is 0 Å². The Labute approximate surface area is 106 Å². The average Bonchev–Trinajstić information content (AvgIpc) is 2.31. The molecule has 0 aromatic heterocycles. The number of phenols is 1. The lowest BCUT2D eigenvalue weighted by Gasteiger charge is -2.17. The third kappa shape index (κ3) is 3.82. The van der Waals surface area contributed by atoms with Crippen molar-refractivity contribution in [1.82, 2.24) is 4.90 Å². The van der Waals surface area contributed by atoms with E-state index in [4.69, 9.17) is 16.3 Å². The van der Waals surface area contributed by atoms with Gasteiger partial charge in [0.1, 0.15) is 11.5 Å². The largest absolute Gasteiger partial charge is 0.507 e. The van der Waals surface area contributed by atoms with Crippen LogP contribution >= 0.6 is 11.6 Å². The fourth-order valence-electron chi connectivity index (χ4n) is 1.42. The van der Waals surface area contributed by atoms with Crippen LogP contribution in [0.2, 0.25) is 0 Å². The van der Waals surface area contributed by atoms with E-state index in [1.165, 1.54) is 18.1 Å². The molecule has 0 saturated carbocycles. The van der Waals surface area contributed by atoms with Crippen LogP contribution < -0.4 is 4.74 Å². The second-order valence-electron chi connectivity index (χ2n) is 3.68. The van der Waals surface area contributed by atoms with Crippen LogP contribution in [0, 0.1) is 0 Å². The van der Waals surface area contributed by atoms with Gasteiger partial charge in [-0.2, -0.15) is 0 Å². The smallest absolute Gasteiger partial charge is 0.223 e. The minimum absolute atomic E-state index is 0.0461. The number of hydrogen-bond donors (Lipinski definition) is 1. The van der Waals surface area contributed by atoms with Gasteiger partial charge in [0.2, 0.25) is 5.91 Å². The highest BCUT2D eigenvalue weighted by Crippen LogP contribution is 2.24. The second-order valence-corrected chi connectivity index (χ2v) is 4.06. The molecule has 0 spiro atoms. The molecule has 1 aromatic carbocycles. The molecule has 94 valence electrons. The van der Waals surface area contributed by atoms with Crippen LogP contribution in [0.3, 0.4) is 0 Å². The summed E-state index contributed by atoms with van der Waals surface area (Å²) in [5.74, 6) is 0.962. The fourth-order valence-corrected chi connectivity index (χ4v) is 1.58. The zero-order valence-corrected chi connectivity index (χ0v) is 10.7. The molecule has 4 nitrogen and oxygen atoms in total. The molecule has 0 aliphatic heterocycles. The van der Waals surface area contributed by atoms with Crippen LogP contribution in [0.1, 0.15) is 12.0 Å². The minimum atomic E-state index is -0.0461. The van der Waals surface area contributed by atoms with Crippen molar-refractivity contribution < 1.29 is 14.6 Å². The van der Waals surface area contributed by atoms with E-state index in [1.807, 2.05) is 0 Å². The van der Waals surface area contributed by atoms with Crippen molar-refractivity contribution in [3.63, 3.8) is 0 Å². The number of rotatable bonds is 5. The second kappa shape index (κ2) is 6.35. The number of ether oxygens (including phenoxy) is 1. The first-order valence-electron chi connectivity index (χ1n) is 5.24. The Morgan fingerprint density at radius 2 is 2.24 bits per heavy atom. The molecule has 0 bridgehead atoms. The molecule has 0 aliphatic rings. The van der Waals surface area contributed by atoms with Gasteiger partial charge in [0.05, 0.1) is 7.11 Å². The number of carbonyl (C=O) groups excluding carboxylic acids is 1. The Hall–Kier alpha value is -1.42. The number of hydrogen-bond acceptors (Lipinski definition) is 3. The average molecular weight is 258 g/mol. The standard InChI is InChI=1S/C12H16ClNO3/c1-14(12(16)5-6-13)8-9-3-4-10(17-2)7-11(9)15/h3-4,7,15H,5-6,8H2,1-2H3. The molecule has 0 radical (unpaired) electrons. The molecule has 0 fully saturated rings. The molecular weight excluding hydrogens is 242 g/mol. The fraction of sp³-hybridized carbons (Fsp3) is 0.417. The maximum atomic E-state index is 11.5. The van der Waals surface area contributed by atoms with Crippen LogP contribution in [0.25, 0.3) is 0 Å². The van der Waals surface area contributed by atoms with E-state index in [-0.39, 0.29) is 11.7 Å². The molecule has 1 amide bonds. The van der Waals surface area contributed by atoms with Gasteiger partial charge in [-0.05, 0) is 12.1 Å². The van der Waals surface area contributed by atoms with Crippen LogP contribution in [0.5, 0.6) is 11.5 Å². The number of methoxy groups -OCH3 is 1. The van der Waals surface area contributed by atoms with Crippen LogP contribution in [-0.4, -0.2) is 36.0 Å². The summed E-state index contributed by atoms with van der Waals surface area (Å²) in [5.41, 5.74) is 0.677. The molecule has 0 aliphatic carbocycles. The highest BCUT2D eigenvalue weighted by molar-refractivity contribution is 6.18. The van der Waals surface area contributed by atoms with Crippen molar-refractivity contribution >= 4 is 17.5 Å². The molecule has 0 saturated heterocycles. The molecule has 1 aromatic rings. The first kappa shape index (κ1) is 13.6. The maximum Gasteiger partial charge on any atom is 0.223 e. The highest BCUT2D eigenvalue weighted by atomic mass is 35.5. The summed E-state index contributed by atoms with van der Waals surface area (Å²) in [7, 11) is 3.21. The summed E-state index contributed by atoms with van der Waals surface area (Å²) in [4.78, 5) is 13.0. The monoisotopic (exact) mass is 257 g/mol. The predicted molar refractivity (Wildman–Crippen MR) is 66.5 cm³/mol. The summed E-state index contributed by atoms with van der Waals surface area (Å²) >= 11 is 5.50. The van der Waals surface area contributed by atoms with Gasteiger partial charge in [-0.3, -0.25) is 4.79 Å². The quantitative estimate of drug-likeness (QED) is 0.821. The number of alkyl halides is 1. The van der Waals surface area contributed by atoms with Gasteiger partial charge in [0.15, 0.2) is 0 Å². The van der Waals surface area contributed by atoms with E-state index in [9.17, 15) is 9.90 Å². The summed E-state index contributed by atoms with van der Waals surface area (Å²) < 4.78 is 4.98. The van der Waals surface area contributed by atoms with Gasteiger partial charge in [-0.25, -0.2) is 0 Å². The summed E-state index contributed by atoms with van der Waals surface area (Å²) in [5, 5.41) is 9.74. The van der Waals surface area contributed by atoms with Crippen LogP contribution in [-0.2, 0) is 11.3 Å². The van der Waals surface area contributed by atoms with Gasteiger partial charge in [-0.15, -0.1) is 11.6 Å². The van der Waals surface area contributed by atoms with E-state index in [2.05, 4.69) is 0 Å². The summed E-state index contributed by atoms with van der Waals surface area (Å²) in [6.07, 6.45) is 0.301. The zero-order chi connectivity index (χ0) is 12.8. The Bertz CT molecular complexity index is 395. The van der Waals surface area contributed by atoms with Gasteiger partial charge in [0, 0.05) is 37.5 Å². The molecule has 1 N–H and O–H groups in total. The molecule has 1 rings (SSSR count). The molecule has 17 heavy (non-hydrogen) atoms. The third-order valence-electron chi connectivity index (χ3n) is 2.43. The number of phenolic OH excluding ortho intramolecular Hbond substituents is 1. The molecule has 0 unspecified atom stereocenters. The summed E-state index contributed by atoms with van der Waals surface area (Å²) in [6.45, 7) is 0.353. The van der Waals surface area contributed by atoms with Crippen molar-refractivity contribution in [2.45, 2.75) is 13.0 Å². The van der Waals surface area contributed by atoms with Crippen molar-refractivity contribution in [1.29, 1.82) is 0 Å². The van der Waals surface area contributed by atoms with E-state index in [1.54, 1.807) is 19.2 Å². The SMILES string of the molecule is COc1ccc(CN(C)C(=O)CCCl)c(O)c1. The zero-order valence-electron chi connectivity index (χ0n) is 9.94. The Kier molecular flexibility index (Phi) is 5.10. The van der Waals surface area contributed by atoms with E-state index >= 15 is 0 Å². The first-order chi connectivity index (χ1) is 8.08. The molecule has 5 heteroatoms. The van der Waals surface area contributed by atoms with Crippen LogP contribution in [0.15, 0.2) is 18.2 Å². The minimum Gasteiger partial charge on any atom is -0.507 e. The number of benzene rings is 1. The van der Waals surface area contributed by atoms with Crippen molar-refractivity contribution in [2.24, 2.45) is 0 Å². The number of amides is 1. The van der Waals surface area contributed by atoms with Crippen molar-refractivity contribution in [3.8, 4) is 11.5 Å². The van der Waals surface area contributed by atoms with Gasteiger partial charge in [-0.1, -0.05) is 0 Å². The van der Waals surface area contributed by atoms with E-state index < -0.39 is 0 Å². The third-order valence-corrected chi connectivity index (χ3v) is 2.62. The molecule has 0 heterocycles.